The lowest BCUT2D eigenvalue weighted by atomic mass is 9.87. The number of rotatable bonds is 9. The smallest absolute Gasteiger partial charge is 0.147 e. The van der Waals surface area contributed by atoms with E-state index in [0.717, 1.165) is 47.7 Å². The maximum absolute atomic E-state index is 6.13. The third-order valence-electron chi connectivity index (χ3n) is 6.41. The maximum atomic E-state index is 6.13. The van der Waals surface area contributed by atoms with Gasteiger partial charge in [0.2, 0.25) is 0 Å². The zero-order chi connectivity index (χ0) is 24.1. The molecule has 0 saturated carbocycles. The van der Waals surface area contributed by atoms with E-state index in [4.69, 9.17) is 14.5 Å². The minimum absolute atomic E-state index is 0.133. The van der Waals surface area contributed by atoms with Crippen LogP contribution >= 0.6 is 0 Å². The predicted octanol–water partition coefficient (Wildman–Crippen LogP) is 7.39. The molecule has 1 heterocycles. The lowest BCUT2D eigenvalue weighted by molar-refractivity contribution is 0.284. The van der Waals surface area contributed by atoms with Crippen molar-refractivity contribution in [1.82, 2.24) is 9.55 Å². The number of unbranched alkanes of at least 4 members (excludes halogenated alkanes) is 1. The fourth-order valence-electron chi connectivity index (χ4n) is 4.12. The molecule has 4 nitrogen and oxygen atoms in total. The standard InChI is InChI=1S/C30H36N2O2/c1-22-11-10-14-28(23(22)2)33-20-9-8-19-32-27-13-7-6-12-26(27)31-29(32)21-34-25-17-15-24(16-18-25)30(3,4)5/h6-7,10-18H,8-9,19-21H2,1-5H3. The van der Waals surface area contributed by atoms with E-state index in [1.807, 2.05) is 6.07 Å². The Morgan fingerprint density at radius 1 is 0.824 bits per heavy atom. The van der Waals surface area contributed by atoms with Crippen LogP contribution in [0.4, 0.5) is 0 Å². The molecular weight excluding hydrogens is 420 g/mol. The number of imidazole rings is 1. The van der Waals surface area contributed by atoms with Gasteiger partial charge in [0, 0.05) is 6.54 Å². The van der Waals surface area contributed by atoms with Gasteiger partial charge in [-0.15, -0.1) is 0 Å². The van der Waals surface area contributed by atoms with E-state index in [2.05, 4.69) is 99.8 Å². The van der Waals surface area contributed by atoms with Crippen LogP contribution < -0.4 is 9.47 Å². The Labute approximate surface area is 203 Å². The van der Waals surface area contributed by atoms with Crippen molar-refractivity contribution >= 4 is 11.0 Å². The minimum atomic E-state index is 0.133. The minimum Gasteiger partial charge on any atom is -0.493 e. The molecule has 0 aliphatic heterocycles. The average Bonchev–Trinajstić information content (AvgIpc) is 3.17. The first-order valence-electron chi connectivity index (χ1n) is 12.2. The molecule has 0 aliphatic carbocycles. The normalized spacial score (nSPS) is 11.7. The van der Waals surface area contributed by atoms with Crippen molar-refractivity contribution in [1.29, 1.82) is 0 Å². The molecule has 0 bridgehead atoms. The number of benzene rings is 3. The van der Waals surface area contributed by atoms with Crippen molar-refractivity contribution in [3.8, 4) is 11.5 Å². The maximum Gasteiger partial charge on any atom is 0.147 e. The number of ether oxygens (including phenoxy) is 2. The van der Waals surface area contributed by atoms with Crippen molar-refractivity contribution in [2.24, 2.45) is 0 Å². The first kappa shape index (κ1) is 23.9. The number of hydrogen-bond acceptors (Lipinski definition) is 3. The van der Waals surface area contributed by atoms with Crippen molar-refractivity contribution in [2.75, 3.05) is 6.61 Å². The number of hydrogen-bond donors (Lipinski definition) is 0. The van der Waals surface area contributed by atoms with Crippen LogP contribution in [0.2, 0.25) is 0 Å². The molecule has 0 aliphatic rings. The van der Waals surface area contributed by atoms with Crippen molar-refractivity contribution in [3.05, 3.63) is 89.2 Å². The van der Waals surface area contributed by atoms with Crippen LogP contribution in [0.25, 0.3) is 11.0 Å². The van der Waals surface area contributed by atoms with E-state index >= 15 is 0 Å². The second-order valence-corrected chi connectivity index (χ2v) is 9.99. The highest BCUT2D eigenvalue weighted by Gasteiger charge is 2.14. The SMILES string of the molecule is Cc1cccc(OCCCCn2c(COc3ccc(C(C)(C)C)cc3)nc3ccccc32)c1C. The highest BCUT2D eigenvalue weighted by molar-refractivity contribution is 5.75. The van der Waals surface area contributed by atoms with Crippen LogP contribution in [-0.2, 0) is 18.6 Å². The molecule has 4 aromatic rings. The number of aromatic nitrogens is 2. The fraction of sp³-hybridized carbons (Fsp3) is 0.367. The molecule has 4 heteroatoms. The fourth-order valence-corrected chi connectivity index (χ4v) is 4.12. The van der Waals surface area contributed by atoms with Crippen LogP contribution in [0.1, 0.15) is 56.1 Å². The molecular formula is C30H36N2O2. The van der Waals surface area contributed by atoms with Crippen LogP contribution in [-0.4, -0.2) is 16.2 Å². The molecule has 178 valence electrons. The van der Waals surface area contributed by atoms with Crippen molar-refractivity contribution in [2.45, 2.75) is 66.0 Å². The van der Waals surface area contributed by atoms with Crippen LogP contribution in [0.15, 0.2) is 66.7 Å². The van der Waals surface area contributed by atoms with E-state index in [-0.39, 0.29) is 5.41 Å². The average molecular weight is 457 g/mol. The van der Waals surface area contributed by atoms with Gasteiger partial charge in [0.25, 0.3) is 0 Å². The third kappa shape index (κ3) is 5.61. The number of fused-ring (bicyclic) bond motifs is 1. The van der Waals surface area contributed by atoms with Gasteiger partial charge in [-0.2, -0.15) is 0 Å². The molecule has 0 atom stereocenters. The molecule has 0 saturated heterocycles. The Morgan fingerprint density at radius 3 is 2.35 bits per heavy atom. The van der Waals surface area contributed by atoms with Gasteiger partial charge in [0.1, 0.15) is 23.9 Å². The van der Waals surface area contributed by atoms with E-state index in [0.29, 0.717) is 13.2 Å². The summed E-state index contributed by atoms with van der Waals surface area (Å²) in [5, 5.41) is 0. The molecule has 0 spiro atoms. The number of nitrogens with zero attached hydrogens (tertiary/aromatic N) is 2. The van der Waals surface area contributed by atoms with Crippen molar-refractivity contribution < 1.29 is 9.47 Å². The first-order chi connectivity index (χ1) is 16.3. The van der Waals surface area contributed by atoms with E-state index < -0.39 is 0 Å². The molecule has 1 aromatic heterocycles. The monoisotopic (exact) mass is 456 g/mol. The van der Waals surface area contributed by atoms with Gasteiger partial charge in [-0.25, -0.2) is 4.98 Å². The van der Waals surface area contributed by atoms with Crippen LogP contribution in [0, 0.1) is 13.8 Å². The summed E-state index contributed by atoms with van der Waals surface area (Å²) in [6, 6.07) is 22.9. The first-order valence-corrected chi connectivity index (χ1v) is 12.2. The molecule has 3 aromatic carbocycles. The van der Waals surface area contributed by atoms with Gasteiger partial charge in [-0.1, -0.05) is 57.2 Å². The van der Waals surface area contributed by atoms with Crippen LogP contribution in [0.5, 0.6) is 11.5 Å². The largest absolute Gasteiger partial charge is 0.493 e. The zero-order valence-corrected chi connectivity index (χ0v) is 21.1. The summed E-state index contributed by atoms with van der Waals surface area (Å²) in [6.07, 6.45) is 1.99. The number of aryl methyl sites for hydroxylation is 2. The Morgan fingerprint density at radius 2 is 1.59 bits per heavy atom. The third-order valence-corrected chi connectivity index (χ3v) is 6.41. The second kappa shape index (κ2) is 10.3. The van der Waals surface area contributed by atoms with E-state index in [1.165, 1.54) is 16.7 Å². The Hall–Kier alpha value is -3.27. The predicted molar refractivity (Wildman–Crippen MR) is 140 cm³/mol. The second-order valence-electron chi connectivity index (χ2n) is 9.99. The van der Waals surface area contributed by atoms with Crippen LogP contribution in [0.3, 0.4) is 0 Å². The van der Waals surface area contributed by atoms with Gasteiger partial charge in [0.15, 0.2) is 0 Å². The van der Waals surface area contributed by atoms with Gasteiger partial charge in [-0.05, 0) is 79.1 Å². The Kier molecular flexibility index (Phi) is 7.26. The molecule has 0 radical (unpaired) electrons. The lowest BCUT2D eigenvalue weighted by Gasteiger charge is -2.19. The summed E-state index contributed by atoms with van der Waals surface area (Å²) in [6.45, 7) is 12.9. The summed E-state index contributed by atoms with van der Waals surface area (Å²) in [5.41, 5.74) is 6.08. The molecule has 34 heavy (non-hydrogen) atoms. The summed E-state index contributed by atoms with van der Waals surface area (Å²) in [4.78, 5) is 4.86. The molecule has 0 fully saturated rings. The van der Waals surface area contributed by atoms with E-state index in [9.17, 15) is 0 Å². The highest BCUT2D eigenvalue weighted by atomic mass is 16.5. The topological polar surface area (TPSA) is 36.3 Å². The lowest BCUT2D eigenvalue weighted by Crippen LogP contribution is -2.11. The number of para-hydroxylation sites is 2. The van der Waals surface area contributed by atoms with Gasteiger partial charge in [-0.3, -0.25) is 0 Å². The van der Waals surface area contributed by atoms with E-state index in [1.54, 1.807) is 0 Å². The zero-order valence-electron chi connectivity index (χ0n) is 21.1. The quantitative estimate of drug-likeness (QED) is 0.246. The highest BCUT2D eigenvalue weighted by Crippen LogP contribution is 2.25. The Balaban J connectivity index is 1.38. The Bertz CT molecular complexity index is 1230. The van der Waals surface area contributed by atoms with Gasteiger partial charge in [0.05, 0.1) is 17.6 Å². The van der Waals surface area contributed by atoms with Crippen molar-refractivity contribution in [3.63, 3.8) is 0 Å². The molecule has 4 rings (SSSR count). The molecule has 0 N–H and O–H groups in total. The molecule has 0 amide bonds. The van der Waals surface area contributed by atoms with Gasteiger partial charge < -0.3 is 14.0 Å². The summed E-state index contributed by atoms with van der Waals surface area (Å²) in [5.74, 6) is 2.81. The summed E-state index contributed by atoms with van der Waals surface area (Å²) >= 11 is 0. The summed E-state index contributed by atoms with van der Waals surface area (Å²) in [7, 11) is 0. The summed E-state index contributed by atoms with van der Waals surface area (Å²) < 4.78 is 14.5. The van der Waals surface area contributed by atoms with Gasteiger partial charge >= 0.3 is 0 Å². The molecule has 0 unspecified atom stereocenters.